The quantitative estimate of drug-likeness (QED) is 0.866. The van der Waals surface area contributed by atoms with Crippen LogP contribution in [0, 0.1) is 11.7 Å². The SMILES string of the molecule is O=C(C[C@H]1C=CCC1)NC1CCN(c2ccc(F)cc2)CC1. The number of piperidine rings is 1. The summed E-state index contributed by atoms with van der Waals surface area (Å²) in [6.07, 6.45) is 9.06. The van der Waals surface area contributed by atoms with Gasteiger partial charge in [-0.05, 0) is 55.9 Å². The van der Waals surface area contributed by atoms with Crippen molar-refractivity contribution in [2.45, 2.75) is 38.1 Å². The lowest BCUT2D eigenvalue weighted by Gasteiger charge is -2.34. The maximum Gasteiger partial charge on any atom is 0.220 e. The molecule has 1 aliphatic heterocycles. The molecule has 1 saturated heterocycles. The molecule has 1 N–H and O–H groups in total. The van der Waals surface area contributed by atoms with E-state index in [-0.39, 0.29) is 17.8 Å². The van der Waals surface area contributed by atoms with Gasteiger partial charge in [0.15, 0.2) is 0 Å². The molecule has 3 nitrogen and oxygen atoms in total. The Balaban J connectivity index is 1.44. The molecule has 2 aliphatic rings. The van der Waals surface area contributed by atoms with Gasteiger partial charge < -0.3 is 10.2 Å². The van der Waals surface area contributed by atoms with Crippen molar-refractivity contribution >= 4 is 11.6 Å². The highest BCUT2D eigenvalue weighted by Crippen LogP contribution is 2.22. The second kappa shape index (κ2) is 6.95. The topological polar surface area (TPSA) is 32.3 Å². The molecule has 0 spiro atoms. The van der Waals surface area contributed by atoms with Crippen LogP contribution in [0.25, 0.3) is 0 Å². The number of anilines is 1. The van der Waals surface area contributed by atoms with Crippen LogP contribution in [0.1, 0.15) is 32.1 Å². The Morgan fingerprint density at radius 1 is 1.18 bits per heavy atom. The lowest BCUT2D eigenvalue weighted by Crippen LogP contribution is -2.45. The van der Waals surface area contributed by atoms with Gasteiger partial charge in [-0.1, -0.05) is 12.2 Å². The molecule has 3 rings (SSSR count). The summed E-state index contributed by atoms with van der Waals surface area (Å²) in [5, 5.41) is 3.17. The Kier molecular flexibility index (Phi) is 4.76. The summed E-state index contributed by atoms with van der Waals surface area (Å²) in [6, 6.07) is 6.91. The minimum Gasteiger partial charge on any atom is -0.371 e. The van der Waals surface area contributed by atoms with E-state index in [0.717, 1.165) is 44.5 Å². The number of amides is 1. The van der Waals surface area contributed by atoms with Crippen molar-refractivity contribution in [1.82, 2.24) is 5.32 Å². The van der Waals surface area contributed by atoms with E-state index in [1.165, 1.54) is 12.1 Å². The number of allylic oxidation sites excluding steroid dienone is 2. The maximum absolute atomic E-state index is 13.0. The standard InChI is InChI=1S/C18H23FN2O/c19-15-5-7-17(8-6-15)21-11-9-16(10-12-21)20-18(22)13-14-3-1-2-4-14/h1,3,5-8,14,16H,2,4,9-13H2,(H,20,22)/t14-/m0/s1. The molecular formula is C18H23FN2O. The lowest BCUT2D eigenvalue weighted by molar-refractivity contribution is -0.122. The molecule has 0 saturated carbocycles. The molecule has 0 unspecified atom stereocenters. The minimum atomic E-state index is -0.202. The van der Waals surface area contributed by atoms with Gasteiger partial charge >= 0.3 is 0 Å². The van der Waals surface area contributed by atoms with Crippen LogP contribution < -0.4 is 10.2 Å². The molecule has 1 fully saturated rings. The predicted molar refractivity (Wildman–Crippen MR) is 86.3 cm³/mol. The van der Waals surface area contributed by atoms with E-state index in [2.05, 4.69) is 22.4 Å². The normalized spacial score (nSPS) is 22.0. The van der Waals surface area contributed by atoms with Gasteiger partial charge in [0, 0.05) is 31.2 Å². The van der Waals surface area contributed by atoms with Crippen LogP contribution in [0.4, 0.5) is 10.1 Å². The maximum atomic E-state index is 13.0. The van der Waals surface area contributed by atoms with Gasteiger partial charge in [-0.25, -0.2) is 4.39 Å². The van der Waals surface area contributed by atoms with E-state index >= 15 is 0 Å². The Hall–Kier alpha value is -1.84. The molecule has 0 aromatic heterocycles. The van der Waals surface area contributed by atoms with Gasteiger partial charge in [-0.3, -0.25) is 4.79 Å². The number of carbonyl (C=O) groups is 1. The summed E-state index contributed by atoms with van der Waals surface area (Å²) in [6.45, 7) is 1.81. The predicted octanol–water partition coefficient (Wildman–Crippen LogP) is 3.27. The first-order valence-electron chi connectivity index (χ1n) is 8.17. The zero-order valence-corrected chi connectivity index (χ0v) is 12.8. The van der Waals surface area contributed by atoms with E-state index in [4.69, 9.17) is 0 Å². The third kappa shape index (κ3) is 3.87. The average Bonchev–Trinajstić information content (AvgIpc) is 3.02. The highest BCUT2D eigenvalue weighted by molar-refractivity contribution is 5.76. The van der Waals surface area contributed by atoms with Gasteiger partial charge in [0.2, 0.25) is 5.91 Å². The fourth-order valence-electron chi connectivity index (χ4n) is 3.32. The van der Waals surface area contributed by atoms with Crippen LogP contribution in [-0.4, -0.2) is 25.0 Å². The molecule has 118 valence electrons. The summed E-state index contributed by atoms with van der Waals surface area (Å²) < 4.78 is 13.0. The first-order valence-corrected chi connectivity index (χ1v) is 8.17. The lowest BCUT2D eigenvalue weighted by atomic mass is 10.0. The van der Waals surface area contributed by atoms with Gasteiger partial charge in [0.25, 0.3) is 0 Å². The van der Waals surface area contributed by atoms with Crippen molar-refractivity contribution in [2.24, 2.45) is 5.92 Å². The van der Waals surface area contributed by atoms with E-state index in [9.17, 15) is 9.18 Å². The number of benzene rings is 1. The zero-order chi connectivity index (χ0) is 15.4. The van der Waals surface area contributed by atoms with Crippen molar-refractivity contribution in [2.75, 3.05) is 18.0 Å². The number of rotatable bonds is 4. The number of halogens is 1. The second-order valence-electron chi connectivity index (χ2n) is 6.27. The van der Waals surface area contributed by atoms with Crippen LogP contribution in [0.15, 0.2) is 36.4 Å². The second-order valence-corrected chi connectivity index (χ2v) is 6.27. The monoisotopic (exact) mass is 302 g/mol. The Morgan fingerprint density at radius 2 is 1.91 bits per heavy atom. The van der Waals surface area contributed by atoms with Crippen molar-refractivity contribution in [3.63, 3.8) is 0 Å². The molecule has 1 aromatic carbocycles. The van der Waals surface area contributed by atoms with E-state index in [1.807, 2.05) is 12.1 Å². The minimum absolute atomic E-state index is 0.178. The number of nitrogens with zero attached hydrogens (tertiary/aromatic N) is 1. The summed E-state index contributed by atoms with van der Waals surface area (Å²) in [5.74, 6) is 0.406. The summed E-state index contributed by atoms with van der Waals surface area (Å²) >= 11 is 0. The zero-order valence-electron chi connectivity index (χ0n) is 12.8. The van der Waals surface area contributed by atoms with Crippen molar-refractivity contribution in [1.29, 1.82) is 0 Å². The molecule has 1 atom stereocenters. The largest absolute Gasteiger partial charge is 0.371 e. The summed E-state index contributed by atoms with van der Waals surface area (Å²) in [7, 11) is 0. The first kappa shape index (κ1) is 15.1. The van der Waals surface area contributed by atoms with Gasteiger partial charge in [-0.15, -0.1) is 0 Å². The Labute approximate surface area is 131 Å². The van der Waals surface area contributed by atoms with E-state index in [0.29, 0.717) is 12.3 Å². The highest BCUT2D eigenvalue weighted by atomic mass is 19.1. The van der Waals surface area contributed by atoms with Crippen molar-refractivity contribution < 1.29 is 9.18 Å². The first-order chi connectivity index (χ1) is 10.7. The molecule has 0 radical (unpaired) electrons. The van der Waals surface area contributed by atoms with E-state index < -0.39 is 0 Å². The molecule has 0 bridgehead atoms. The number of carbonyl (C=O) groups excluding carboxylic acids is 1. The Bertz CT molecular complexity index is 533. The third-order valence-electron chi connectivity index (χ3n) is 4.61. The van der Waals surface area contributed by atoms with Crippen LogP contribution in [0.2, 0.25) is 0 Å². The van der Waals surface area contributed by atoms with Crippen LogP contribution in [0.5, 0.6) is 0 Å². The smallest absolute Gasteiger partial charge is 0.220 e. The molecular weight excluding hydrogens is 279 g/mol. The van der Waals surface area contributed by atoms with Crippen molar-refractivity contribution in [3.05, 3.63) is 42.2 Å². The molecule has 4 heteroatoms. The van der Waals surface area contributed by atoms with Gasteiger partial charge in [0.1, 0.15) is 5.82 Å². The van der Waals surface area contributed by atoms with Crippen molar-refractivity contribution in [3.8, 4) is 0 Å². The number of hydrogen-bond donors (Lipinski definition) is 1. The molecule has 22 heavy (non-hydrogen) atoms. The van der Waals surface area contributed by atoms with Crippen LogP contribution in [0.3, 0.4) is 0 Å². The van der Waals surface area contributed by atoms with E-state index in [1.54, 1.807) is 0 Å². The summed E-state index contributed by atoms with van der Waals surface area (Å²) in [4.78, 5) is 14.3. The molecule has 1 amide bonds. The molecule has 1 aliphatic carbocycles. The average molecular weight is 302 g/mol. The van der Waals surface area contributed by atoms with Gasteiger partial charge in [0.05, 0.1) is 0 Å². The number of nitrogens with one attached hydrogen (secondary N) is 1. The fraction of sp³-hybridized carbons (Fsp3) is 0.500. The fourth-order valence-corrected chi connectivity index (χ4v) is 3.32. The molecule has 1 aromatic rings. The van der Waals surface area contributed by atoms with Crippen LogP contribution >= 0.6 is 0 Å². The Morgan fingerprint density at radius 3 is 2.55 bits per heavy atom. The molecule has 1 heterocycles. The third-order valence-corrected chi connectivity index (χ3v) is 4.61. The number of hydrogen-bond acceptors (Lipinski definition) is 2. The summed E-state index contributed by atoms with van der Waals surface area (Å²) in [5.41, 5.74) is 1.06. The highest BCUT2D eigenvalue weighted by Gasteiger charge is 2.22. The van der Waals surface area contributed by atoms with Gasteiger partial charge in [-0.2, -0.15) is 0 Å². The van der Waals surface area contributed by atoms with Crippen LogP contribution in [-0.2, 0) is 4.79 Å².